The molecule has 0 aromatic rings. The van der Waals surface area contributed by atoms with Crippen molar-refractivity contribution < 1.29 is 0 Å². The highest BCUT2D eigenvalue weighted by molar-refractivity contribution is 4.95. The number of hydrogen-bond acceptors (Lipinski definition) is 0. The van der Waals surface area contributed by atoms with Crippen LogP contribution in [0.2, 0.25) is 0 Å². The largest absolute Gasteiger partial charge is 0.0596 e. The first-order chi connectivity index (χ1) is 6.18. The van der Waals surface area contributed by atoms with Gasteiger partial charge in [-0.05, 0) is 42.9 Å². The Morgan fingerprint density at radius 2 is 1.77 bits per heavy atom. The molecule has 1 radical (unpaired) electrons. The van der Waals surface area contributed by atoms with Crippen LogP contribution >= 0.6 is 0 Å². The summed E-state index contributed by atoms with van der Waals surface area (Å²) in [6.45, 7) is 4.83. The highest BCUT2D eigenvalue weighted by atomic mass is 14.5. The molecule has 2 saturated carbocycles. The summed E-state index contributed by atoms with van der Waals surface area (Å²) in [5.74, 6) is 2.09. The lowest BCUT2D eigenvalue weighted by molar-refractivity contribution is 0.496. The quantitative estimate of drug-likeness (QED) is 0.536. The zero-order chi connectivity index (χ0) is 9.31. The molecule has 2 unspecified atom stereocenters. The normalized spacial score (nSPS) is 30.5. The van der Waals surface area contributed by atoms with Gasteiger partial charge in [-0.3, -0.25) is 0 Å². The van der Waals surface area contributed by atoms with Crippen LogP contribution in [-0.4, -0.2) is 0 Å². The molecule has 0 heterocycles. The van der Waals surface area contributed by atoms with E-state index in [2.05, 4.69) is 20.3 Å². The molecule has 0 saturated heterocycles. The molecule has 0 spiro atoms. The highest BCUT2D eigenvalue weighted by Crippen LogP contribution is 2.54. The maximum atomic E-state index is 2.45. The van der Waals surface area contributed by atoms with Crippen molar-refractivity contribution in [3.8, 4) is 0 Å². The lowest BCUT2D eigenvalue weighted by Gasteiger charge is -2.02. The second kappa shape index (κ2) is 3.63. The van der Waals surface area contributed by atoms with Crippen molar-refractivity contribution >= 4 is 0 Å². The van der Waals surface area contributed by atoms with E-state index in [9.17, 15) is 0 Å². The van der Waals surface area contributed by atoms with Crippen molar-refractivity contribution in [2.24, 2.45) is 17.3 Å². The standard InChI is InChI=1S/C13H23/c1-13(2)10-12(13)7-5-3-4-6-11-8-9-11/h8,11-12H,3-7,9-10H2,1-2H3. The molecule has 0 aromatic heterocycles. The van der Waals surface area contributed by atoms with Crippen LogP contribution in [0.1, 0.15) is 58.8 Å². The van der Waals surface area contributed by atoms with E-state index in [4.69, 9.17) is 0 Å². The zero-order valence-corrected chi connectivity index (χ0v) is 9.18. The third-order valence-corrected chi connectivity index (χ3v) is 3.91. The van der Waals surface area contributed by atoms with Gasteiger partial charge in [0.05, 0.1) is 0 Å². The molecule has 0 N–H and O–H groups in total. The average Bonchev–Trinajstić information content (AvgIpc) is 2.91. The maximum absolute atomic E-state index is 2.45. The van der Waals surface area contributed by atoms with Crippen molar-refractivity contribution in [2.75, 3.05) is 0 Å². The minimum Gasteiger partial charge on any atom is -0.0596 e. The Hall–Kier alpha value is 0. The van der Waals surface area contributed by atoms with Crippen molar-refractivity contribution in [1.29, 1.82) is 0 Å². The van der Waals surface area contributed by atoms with Crippen LogP contribution in [0.15, 0.2) is 0 Å². The molecule has 0 aliphatic heterocycles. The molecule has 0 aromatic carbocycles. The van der Waals surface area contributed by atoms with E-state index in [1.54, 1.807) is 0 Å². The highest BCUT2D eigenvalue weighted by Gasteiger charge is 2.44. The second-order valence-electron chi connectivity index (χ2n) is 5.76. The summed E-state index contributed by atoms with van der Waals surface area (Å²) in [4.78, 5) is 0. The zero-order valence-electron chi connectivity index (χ0n) is 9.18. The lowest BCUT2D eigenvalue weighted by Crippen LogP contribution is -1.90. The van der Waals surface area contributed by atoms with Crippen LogP contribution in [0.4, 0.5) is 0 Å². The van der Waals surface area contributed by atoms with Crippen molar-refractivity contribution in [2.45, 2.75) is 58.8 Å². The van der Waals surface area contributed by atoms with E-state index < -0.39 is 0 Å². The molecule has 13 heavy (non-hydrogen) atoms. The number of hydrogen-bond donors (Lipinski definition) is 0. The van der Waals surface area contributed by atoms with Gasteiger partial charge in [-0.1, -0.05) is 39.5 Å². The van der Waals surface area contributed by atoms with E-state index in [-0.39, 0.29) is 0 Å². The molecule has 75 valence electrons. The molecule has 0 nitrogen and oxygen atoms in total. The number of unbranched alkanes of at least 4 members (excludes halogenated alkanes) is 2. The molecule has 0 bridgehead atoms. The Balaban J connectivity index is 1.41. The fourth-order valence-electron chi connectivity index (χ4n) is 2.37. The molecule has 0 amide bonds. The van der Waals surface area contributed by atoms with Crippen LogP contribution in [0.3, 0.4) is 0 Å². The summed E-state index contributed by atoms with van der Waals surface area (Å²) in [5.41, 5.74) is 0.713. The van der Waals surface area contributed by atoms with Crippen LogP contribution in [0.5, 0.6) is 0 Å². The van der Waals surface area contributed by atoms with Gasteiger partial charge in [0.2, 0.25) is 0 Å². The minimum atomic E-state index is 0.713. The summed E-state index contributed by atoms with van der Waals surface area (Å²) in [5, 5.41) is 0. The summed E-state index contributed by atoms with van der Waals surface area (Å²) in [6, 6.07) is 0. The minimum absolute atomic E-state index is 0.713. The predicted octanol–water partition coefficient (Wildman–Crippen LogP) is 4.21. The summed E-state index contributed by atoms with van der Waals surface area (Å²) >= 11 is 0. The third kappa shape index (κ3) is 3.00. The van der Waals surface area contributed by atoms with Crippen molar-refractivity contribution in [3.63, 3.8) is 0 Å². The van der Waals surface area contributed by atoms with Crippen LogP contribution in [0.25, 0.3) is 0 Å². The first-order valence-corrected chi connectivity index (χ1v) is 6.02. The summed E-state index contributed by atoms with van der Waals surface area (Å²) in [6.07, 6.45) is 12.8. The molecule has 2 rings (SSSR count). The van der Waals surface area contributed by atoms with Crippen LogP contribution in [-0.2, 0) is 0 Å². The Labute approximate surface area is 83.1 Å². The molecule has 2 aliphatic rings. The molecule has 2 fully saturated rings. The predicted molar refractivity (Wildman–Crippen MR) is 57.4 cm³/mol. The molecule has 0 heteroatoms. The van der Waals surface area contributed by atoms with Gasteiger partial charge in [-0.15, -0.1) is 0 Å². The van der Waals surface area contributed by atoms with Gasteiger partial charge in [-0.2, -0.15) is 0 Å². The topological polar surface area (TPSA) is 0 Å². The fraction of sp³-hybridized carbons (Fsp3) is 0.923. The van der Waals surface area contributed by atoms with E-state index in [1.807, 2.05) is 0 Å². The monoisotopic (exact) mass is 179 g/mol. The molecule has 2 atom stereocenters. The van der Waals surface area contributed by atoms with Gasteiger partial charge < -0.3 is 0 Å². The van der Waals surface area contributed by atoms with E-state index in [0.29, 0.717) is 5.41 Å². The Kier molecular flexibility index (Phi) is 2.67. The third-order valence-electron chi connectivity index (χ3n) is 3.91. The Morgan fingerprint density at radius 3 is 2.31 bits per heavy atom. The van der Waals surface area contributed by atoms with E-state index in [0.717, 1.165) is 11.8 Å². The average molecular weight is 179 g/mol. The fourth-order valence-corrected chi connectivity index (χ4v) is 2.37. The Morgan fingerprint density at radius 1 is 1.15 bits per heavy atom. The van der Waals surface area contributed by atoms with Gasteiger partial charge in [-0.25, -0.2) is 0 Å². The first kappa shape index (κ1) is 9.55. The molecular formula is C13H23. The van der Waals surface area contributed by atoms with E-state index >= 15 is 0 Å². The van der Waals surface area contributed by atoms with Crippen molar-refractivity contribution in [1.82, 2.24) is 0 Å². The van der Waals surface area contributed by atoms with Gasteiger partial charge in [0, 0.05) is 0 Å². The first-order valence-electron chi connectivity index (χ1n) is 6.02. The summed E-state index contributed by atoms with van der Waals surface area (Å²) in [7, 11) is 0. The van der Waals surface area contributed by atoms with Crippen molar-refractivity contribution in [3.05, 3.63) is 6.42 Å². The Bertz CT molecular complexity index is 165. The van der Waals surface area contributed by atoms with Crippen LogP contribution < -0.4 is 0 Å². The summed E-state index contributed by atoms with van der Waals surface area (Å²) < 4.78 is 0. The maximum Gasteiger partial charge on any atom is -0.0323 e. The van der Waals surface area contributed by atoms with Crippen LogP contribution in [0, 0.1) is 23.7 Å². The lowest BCUT2D eigenvalue weighted by atomic mass is 10.0. The van der Waals surface area contributed by atoms with Gasteiger partial charge in [0.15, 0.2) is 0 Å². The molecule has 2 aliphatic carbocycles. The van der Waals surface area contributed by atoms with Gasteiger partial charge >= 0.3 is 0 Å². The van der Waals surface area contributed by atoms with Gasteiger partial charge in [0.1, 0.15) is 0 Å². The molecular weight excluding hydrogens is 156 g/mol. The smallest absolute Gasteiger partial charge is 0.0323 e. The van der Waals surface area contributed by atoms with E-state index in [1.165, 1.54) is 44.9 Å². The number of rotatable bonds is 6. The van der Waals surface area contributed by atoms with Gasteiger partial charge in [0.25, 0.3) is 0 Å². The second-order valence-corrected chi connectivity index (χ2v) is 5.76. The SMILES string of the molecule is CC1(C)CC1CCCCCC1[CH]C1.